The number of rotatable bonds is 5. The monoisotopic (exact) mass is 516 g/mol. The van der Waals surface area contributed by atoms with Crippen molar-refractivity contribution in [2.24, 2.45) is 0 Å². The maximum atomic E-state index is 13.5. The quantitative estimate of drug-likeness (QED) is 0.444. The van der Waals surface area contributed by atoms with Crippen molar-refractivity contribution >= 4 is 18.0 Å². The number of ether oxygens (including phenoxy) is 3. The third-order valence-corrected chi connectivity index (χ3v) is 9.49. The predicted octanol–water partition coefficient (Wildman–Crippen LogP) is 3.90. The van der Waals surface area contributed by atoms with Crippen molar-refractivity contribution in [2.75, 3.05) is 27.7 Å². The van der Waals surface area contributed by atoms with Gasteiger partial charge in [0.05, 0.1) is 24.6 Å². The minimum atomic E-state index is -0.723. The second-order valence-corrected chi connectivity index (χ2v) is 11.4. The summed E-state index contributed by atoms with van der Waals surface area (Å²) < 4.78 is 19.0. The first kappa shape index (κ1) is 25.0. The summed E-state index contributed by atoms with van der Waals surface area (Å²) in [7, 11) is 5.65. The van der Waals surface area contributed by atoms with Crippen LogP contribution in [0, 0.1) is 6.92 Å². The van der Waals surface area contributed by atoms with Crippen LogP contribution in [0.5, 0.6) is 11.5 Å². The van der Waals surface area contributed by atoms with E-state index >= 15 is 0 Å². The lowest BCUT2D eigenvalue weighted by atomic mass is 9.48. The highest BCUT2D eigenvalue weighted by Gasteiger charge is 2.75. The fourth-order valence-electron chi connectivity index (χ4n) is 7.93. The summed E-state index contributed by atoms with van der Waals surface area (Å²) in [5, 5.41) is 0. The zero-order valence-corrected chi connectivity index (χ0v) is 22.8. The molecule has 0 unspecified atom stereocenters. The molecule has 200 valence electrons. The molecule has 1 saturated heterocycles. The molecule has 1 spiro atoms. The van der Waals surface area contributed by atoms with Gasteiger partial charge in [-0.1, -0.05) is 35.9 Å². The van der Waals surface area contributed by atoms with Gasteiger partial charge in [-0.15, -0.1) is 0 Å². The maximum Gasteiger partial charge on any atom is 0.303 e. The van der Waals surface area contributed by atoms with Crippen molar-refractivity contribution in [3.05, 3.63) is 64.7 Å². The molecular weight excluding hydrogens is 480 g/mol. The number of hydrogen-bond donors (Lipinski definition) is 0. The van der Waals surface area contributed by atoms with Crippen molar-refractivity contribution in [1.82, 2.24) is 9.80 Å². The van der Waals surface area contributed by atoms with E-state index in [0.29, 0.717) is 18.6 Å². The second-order valence-electron chi connectivity index (χ2n) is 11.4. The summed E-state index contributed by atoms with van der Waals surface area (Å²) in [6.07, 6.45) is 6.08. The van der Waals surface area contributed by atoms with Gasteiger partial charge in [0.2, 0.25) is 5.91 Å². The highest BCUT2D eigenvalue weighted by molar-refractivity contribution is 5.92. The number of hydrogen-bond acceptors (Lipinski definition) is 6. The standard InChI is InChI=1S/C31H36N2O5/c1-19-7-6-8-21(17-19)9-12-26(35)33(4)23-13-14-31(38-20(2)34)25-18-22-10-11-24(36-5)28-27(22)30(31,29(23)37-28)15-16-32(25)3/h6-12,17,23,25,29H,13-16,18H2,1-5H3/t23-,25-,29+,30+,31-/m1/s1. The number of likely N-dealkylation sites (tertiary alicyclic amines) is 1. The van der Waals surface area contributed by atoms with E-state index in [1.165, 1.54) is 12.5 Å². The Morgan fingerprint density at radius 1 is 1.21 bits per heavy atom. The molecule has 6 rings (SSSR count). The van der Waals surface area contributed by atoms with Gasteiger partial charge < -0.3 is 19.1 Å². The van der Waals surface area contributed by atoms with E-state index in [1.54, 1.807) is 13.2 Å². The Bertz CT molecular complexity index is 1340. The fourth-order valence-corrected chi connectivity index (χ4v) is 7.93. The zero-order chi connectivity index (χ0) is 26.8. The summed E-state index contributed by atoms with van der Waals surface area (Å²) in [4.78, 5) is 30.3. The van der Waals surface area contributed by atoms with Crippen LogP contribution in [0.15, 0.2) is 42.5 Å². The van der Waals surface area contributed by atoms with Crippen LogP contribution in [0.25, 0.3) is 6.08 Å². The number of carbonyl (C=O) groups excluding carboxylic acids is 2. The zero-order valence-electron chi connectivity index (χ0n) is 22.8. The van der Waals surface area contributed by atoms with Crippen LogP contribution in [0.2, 0.25) is 0 Å². The maximum absolute atomic E-state index is 13.5. The number of amides is 1. The summed E-state index contributed by atoms with van der Waals surface area (Å²) in [5.74, 6) is 1.10. The number of likely N-dealkylation sites (N-methyl/N-ethyl adjacent to an activating group) is 2. The average Bonchev–Trinajstić information content (AvgIpc) is 3.24. The van der Waals surface area contributed by atoms with Gasteiger partial charge in [-0.05, 0) is 69.5 Å². The summed E-state index contributed by atoms with van der Waals surface area (Å²) >= 11 is 0. The van der Waals surface area contributed by atoms with Gasteiger partial charge in [-0.3, -0.25) is 14.5 Å². The SMILES string of the molecule is COc1ccc2c3c1O[C@H]1[C@H](N(C)C(=O)C=Cc4cccc(C)c4)CC[C@@]4(OC(C)=O)[C@@H](C2)N(C)CC[C@]314. The molecule has 0 aromatic heterocycles. The van der Waals surface area contributed by atoms with Crippen molar-refractivity contribution < 1.29 is 23.8 Å². The van der Waals surface area contributed by atoms with E-state index in [2.05, 4.69) is 24.1 Å². The van der Waals surface area contributed by atoms with Gasteiger partial charge in [0, 0.05) is 25.6 Å². The Morgan fingerprint density at radius 3 is 2.76 bits per heavy atom. The minimum Gasteiger partial charge on any atom is -0.493 e. The number of aryl methyl sites for hydroxylation is 1. The molecule has 1 saturated carbocycles. The van der Waals surface area contributed by atoms with Crippen molar-refractivity contribution in [2.45, 2.75) is 68.7 Å². The van der Waals surface area contributed by atoms with Crippen LogP contribution in [-0.4, -0.2) is 73.2 Å². The highest BCUT2D eigenvalue weighted by Crippen LogP contribution is 2.67. The predicted molar refractivity (Wildman–Crippen MR) is 144 cm³/mol. The van der Waals surface area contributed by atoms with E-state index in [4.69, 9.17) is 14.2 Å². The van der Waals surface area contributed by atoms with Crippen molar-refractivity contribution in [3.8, 4) is 11.5 Å². The third kappa shape index (κ3) is 3.37. The van der Waals surface area contributed by atoms with Gasteiger partial charge in [0.15, 0.2) is 11.5 Å². The molecule has 2 heterocycles. The van der Waals surface area contributed by atoms with E-state index in [0.717, 1.165) is 41.8 Å². The number of carbonyl (C=O) groups is 2. The Balaban J connectivity index is 1.44. The van der Waals surface area contributed by atoms with Gasteiger partial charge in [0.1, 0.15) is 11.7 Å². The molecule has 2 aromatic rings. The Labute approximate surface area is 224 Å². The molecule has 2 aliphatic heterocycles. The Kier molecular flexibility index (Phi) is 5.83. The molecule has 2 aliphatic carbocycles. The molecule has 4 aliphatic rings. The Morgan fingerprint density at radius 2 is 2.03 bits per heavy atom. The van der Waals surface area contributed by atoms with Crippen LogP contribution in [-0.2, 0) is 26.2 Å². The molecule has 7 nitrogen and oxygen atoms in total. The fraction of sp³-hybridized carbons (Fsp3) is 0.484. The molecule has 38 heavy (non-hydrogen) atoms. The van der Waals surface area contributed by atoms with Gasteiger partial charge in [-0.25, -0.2) is 0 Å². The molecule has 0 radical (unpaired) electrons. The molecular formula is C31H36N2O5. The van der Waals surface area contributed by atoms with E-state index in [9.17, 15) is 9.59 Å². The lowest BCUT2D eigenvalue weighted by Gasteiger charge is -2.65. The van der Waals surface area contributed by atoms with E-state index in [-0.39, 0.29) is 30.1 Å². The van der Waals surface area contributed by atoms with Gasteiger partial charge in [0.25, 0.3) is 0 Å². The first-order valence-corrected chi connectivity index (χ1v) is 13.5. The molecule has 0 N–H and O–H groups in total. The second kappa shape index (κ2) is 8.87. The summed E-state index contributed by atoms with van der Waals surface area (Å²) in [6.45, 7) is 4.41. The minimum absolute atomic E-state index is 0.0428. The number of piperidine rings is 1. The molecule has 2 aromatic carbocycles. The number of nitrogens with zero attached hydrogens (tertiary/aromatic N) is 2. The van der Waals surface area contributed by atoms with Crippen LogP contribution in [0.1, 0.15) is 48.4 Å². The molecule has 2 fully saturated rings. The molecule has 5 atom stereocenters. The smallest absolute Gasteiger partial charge is 0.303 e. The molecule has 1 amide bonds. The molecule has 7 heteroatoms. The topological polar surface area (TPSA) is 68.3 Å². The average molecular weight is 517 g/mol. The lowest BCUT2D eigenvalue weighted by molar-refractivity contribution is -0.220. The lowest BCUT2D eigenvalue weighted by Crippen LogP contribution is -2.78. The van der Waals surface area contributed by atoms with Crippen LogP contribution >= 0.6 is 0 Å². The van der Waals surface area contributed by atoms with Gasteiger partial charge in [-0.2, -0.15) is 0 Å². The van der Waals surface area contributed by atoms with Gasteiger partial charge >= 0.3 is 5.97 Å². The first-order valence-electron chi connectivity index (χ1n) is 13.5. The molecule has 2 bridgehead atoms. The summed E-state index contributed by atoms with van der Waals surface area (Å²) in [6, 6.07) is 12.1. The van der Waals surface area contributed by atoms with Crippen LogP contribution in [0.3, 0.4) is 0 Å². The Hall–Kier alpha value is -3.32. The number of esters is 1. The summed E-state index contributed by atoms with van der Waals surface area (Å²) in [5.41, 5.74) is 3.21. The van der Waals surface area contributed by atoms with E-state index < -0.39 is 11.0 Å². The highest BCUT2D eigenvalue weighted by atomic mass is 16.6. The number of methoxy groups -OCH3 is 1. The third-order valence-electron chi connectivity index (χ3n) is 9.49. The largest absolute Gasteiger partial charge is 0.493 e. The van der Waals surface area contributed by atoms with Crippen molar-refractivity contribution in [1.29, 1.82) is 0 Å². The normalized spacial score (nSPS) is 30.9. The van der Waals surface area contributed by atoms with Crippen molar-refractivity contribution in [3.63, 3.8) is 0 Å². The first-order chi connectivity index (χ1) is 18.2. The van der Waals surface area contributed by atoms with Crippen LogP contribution < -0.4 is 9.47 Å². The van der Waals surface area contributed by atoms with E-state index in [1.807, 2.05) is 49.2 Å². The number of benzene rings is 2. The van der Waals surface area contributed by atoms with Crippen LogP contribution in [0.4, 0.5) is 0 Å².